The quantitative estimate of drug-likeness (QED) is 0.752. The summed E-state index contributed by atoms with van der Waals surface area (Å²) >= 11 is 0. The van der Waals surface area contributed by atoms with E-state index in [1.807, 2.05) is 49.4 Å². The Labute approximate surface area is 113 Å². The highest BCUT2D eigenvalue weighted by molar-refractivity contribution is 5.49. The molecule has 0 spiro atoms. The van der Waals surface area contributed by atoms with Crippen LogP contribution in [-0.2, 0) is 0 Å². The van der Waals surface area contributed by atoms with E-state index < -0.39 is 0 Å². The molecule has 2 heteroatoms. The summed E-state index contributed by atoms with van der Waals surface area (Å²) in [6.45, 7) is 5.73. The molecule has 0 saturated carbocycles. The Morgan fingerprint density at radius 2 is 1.95 bits per heavy atom. The second-order valence-electron chi connectivity index (χ2n) is 4.62. The lowest BCUT2D eigenvalue weighted by molar-refractivity contribution is 0.625. The molecular weight excluding hydrogens is 237 g/mol. The molecule has 1 unspecified atom stereocenters. The normalized spacial score (nSPS) is 11.9. The minimum absolute atomic E-state index is 0.0370. The van der Waals surface area contributed by atoms with Crippen LogP contribution in [0.3, 0.4) is 0 Å². The lowest BCUT2D eigenvalue weighted by Gasteiger charge is -2.19. The molecule has 0 heterocycles. The van der Waals surface area contributed by atoms with Crippen LogP contribution in [0, 0.1) is 12.7 Å². The predicted octanol–water partition coefficient (Wildman–Crippen LogP) is 4.86. The number of benzene rings is 2. The van der Waals surface area contributed by atoms with Crippen molar-refractivity contribution in [2.75, 3.05) is 5.32 Å². The number of nitrogens with one attached hydrogen (secondary N) is 1. The van der Waals surface area contributed by atoms with E-state index in [1.54, 1.807) is 6.07 Å². The molecule has 0 amide bonds. The van der Waals surface area contributed by atoms with Gasteiger partial charge in [-0.25, -0.2) is 4.39 Å². The zero-order valence-electron chi connectivity index (χ0n) is 11.1. The summed E-state index contributed by atoms with van der Waals surface area (Å²) in [6, 6.07) is 15.1. The third-order valence-electron chi connectivity index (χ3n) is 3.06. The second-order valence-corrected chi connectivity index (χ2v) is 4.62. The van der Waals surface area contributed by atoms with Gasteiger partial charge in [-0.1, -0.05) is 42.5 Å². The molecule has 98 valence electrons. The van der Waals surface area contributed by atoms with Crippen molar-refractivity contribution in [2.24, 2.45) is 0 Å². The van der Waals surface area contributed by atoms with Crippen LogP contribution in [0.15, 0.2) is 61.2 Å². The SMILES string of the molecule is C=CCC(Nc1cc(C)ccc1F)c1ccccc1. The highest BCUT2D eigenvalue weighted by Gasteiger charge is 2.11. The molecule has 2 rings (SSSR count). The van der Waals surface area contributed by atoms with Gasteiger partial charge in [0.25, 0.3) is 0 Å². The monoisotopic (exact) mass is 255 g/mol. The van der Waals surface area contributed by atoms with Gasteiger partial charge in [0, 0.05) is 0 Å². The van der Waals surface area contributed by atoms with E-state index in [-0.39, 0.29) is 11.9 Å². The van der Waals surface area contributed by atoms with Crippen LogP contribution in [0.4, 0.5) is 10.1 Å². The average Bonchev–Trinajstić information content (AvgIpc) is 2.43. The van der Waals surface area contributed by atoms with Crippen molar-refractivity contribution in [3.8, 4) is 0 Å². The van der Waals surface area contributed by atoms with Gasteiger partial charge in [-0.05, 0) is 36.6 Å². The van der Waals surface area contributed by atoms with E-state index in [4.69, 9.17) is 0 Å². The zero-order valence-corrected chi connectivity index (χ0v) is 11.1. The minimum Gasteiger partial charge on any atom is -0.376 e. The summed E-state index contributed by atoms with van der Waals surface area (Å²) in [4.78, 5) is 0. The van der Waals surface area contributed by atoms with Crippen LogP contribution in [0.25, 0.3) is 0 Å². The molecule has 1 atom stereocenters. The lowest BCUT2D eigenvalue weighted by atomic mass is 10.0. The van der Waals surface area contributed by atoms with Crippen molar-refractivity contribution >= 4 is 5.69 Å². The fraction of sp³-hybridized carbons (Fsp3) is 0.176. The summed E-state index contributed by atoms with van der Waals surface area (Å²) < 4.78 is 13.8. The number of rotatable bonds is 5. The van der Waals surface area contributed by atoms with E-state index in [9.17, 15) is 4.39 Å². The molecule has 1 nitrogen and oxygen atoms in total. The summed E-state index contributed by atoms with van der Waals surface area (Å²) in [6.07, 6.45) is 2.59. The van der Waals surface area contributed by atoms with Crippen molar-refractivity contribution in [1.82, 2.24) is 0 Å². The largest absolute Gasteiger partial charge is 0.376 e. The fourth-order valence-electron chi connectivity index (χ4n) is 2.07. The summed E-state index contributed by atoms with van der Waals surface area (Å²) in [5.74, 6) is -0.226. The number of halogens is 1. The van der Waals surface area contributed by atoms with Crippen molar-refractivity contribution in [2.45, 2.75) is 19.4 Å². The molecule has 0 bridgehead atoms. The van der Waals surface area contributed by atoms with Gasteiger partial charge in [0.15, 0.2) is 0 Å². The first-order chi connectivity index (χ1) is 9.20. The molecule has 0 saturated heterocycles. The van der Waals surface area contributed by atoms with Crippen molar-refractivity contribution in [3.63, 3.8) is 0 Å². The van der Waals surface area contributed by atoms with Crippen LogP contribution >= 0.6 is 0 Å². The van der Waals surface area contributed by atoms with Gasteiger partial charge in [-0.2, -0.15) is 0 Å². The first-order valence-corrected chi connectivity index (χ1v) is 6.39. The maximum Gasteiger partial charge on any atom is 0.146 e. The van der Waals surface area contributed by atoms with E-state index >= 15 is 0 Å². The van der Waals surface area contributed by atoms with Gasteiger partial charge in [0.05, 0.1) is 11.7 Å². The van der Waals surface area contributed by atoms with E-state index in [0.29, 0.717) is 5.69 Å². The molecule has 0 aliphatic heterocycles. The average molecular weight is 255 g/mol. The molecule has 0 fully saturated rings. The summed E-state index contributed by atoms with van der Waals surface area (Å²) in [7, 11) is 0. The molecular formula is C17H18FN. The van der Waals surface area contributed by atoms with Crippen LogP contribution in [0.5, 0.6) is 0 Å². The zero-order chi connectivity index (χ0) is 13.7. The number of hydrogen-bond acceptors (Lipinski definition) is 1. The highest BCUT2D eigenvalue weighted by atomic mass is 19.1. The van der Waals surface area contributed by atoms with E-state index in [0.717, 1.165) is 17.5 Å². The van der Waals surface area contributed by atoms with Crippen molar-refractivity contribution in [3.05, 3.63) is 78.1 Å². The van der Waals surface area contributed by atoms with Crippen LogP contribution in [0.2, 0.25) is 0 Å². The Kier molecular flexibility index (Phi) is 4.35. The molecule has 0 aliphatic carbocycles. The Balaban J connectivity index is 2.26. The Bertz CT molecular complexity index is 548. The first-order valence-electron chi connectivity index (χ1n) is 6.39. The van der Waals surface area contributed by atoms with Gasteiger partial charge in [0.1, 0.15) is 5.82 Å². The summed E-state index contributed by atoms with van der Waals surface area (Å²) in [5, 5.41) is 3.26. The molecule has 0 aromatic heterocycles. The molecule has 19 heavy (non-hydrogen) atoms. The topological polar surface area (TPSA) is 12.0 Å². The third kappa shape index (κ3) is 3.44. The highest BCUT2D eigenvalue weighted by Crippen LogP contribution is 2.25. The third-order valence-corrected chi connectivity index (χ3v) is 3.06. The van der Waals surface area contributed by atoms with Gasteiger partial charge in [-0.3, -0.25) is 0 Å². The molecule has 0 aliphatic rings. The van der Waals surface area contributed by atoms with Crippen molar-refractivity contribution in [1.29, 1.82) is 0 Å². The Hall–Kier alpha value is -2.09. The standard InChI is InChI=1S/C17H18FN/c1-3-7-16(14-8-5-4-6-9-14)19-17-12-13(2)10-11-15(17)18/h3-6,8-12,16,19H,1,7H2,2H3. The smallest absolute Gasteiger partial charge is 0.146 e. The summed E-state index contributed by atoms with van der Waals surface area (Å²) in [5.41, 5.74) is 2.70. The lowest BCUT2D eigenvalue weighted by Crippen LogP contribution is -2.11. The van der Waals surface area contributed by atoms with E-state index in [1.165, 1.54) is 6.07 Å². The van der Waals surface area contributed by atoms with E-state index in [2.05, 4.69) is 11.9 Å². The number of aryl methyl sites for hydroxylation is 1. The number of hydrogen-bond donors (Lipinski definition) is 1. The molecule has 0 radical (unpaired) electrons. The Morgan fingerprint density at radius 3 is 2.63 bits per heavy atom. The number of anilines is 1. The predicted molar refractivity (Wildman–Crippen MR) is 78.8 cm³/mol. The molecule has 2 aromatic carbocycles. The Morgan fingerprint density at radius 1 is 1.21 bits per heavy atom. The molecule has 2 aromatic rings. The van der Waals surface area contributed by atoms with Gasteiger partial charge < -0.3 is 5.32 Å². The van der Waals surface area contributed by atoms with Gasteiger partial charge in [0.2, 0.25) is 0 Å². The van der Waals surface area contributed by atoms with Gasteiger partial charge in [-0.15, -0.1) is 6.58 Å². The fourth-order valence-corrected chi connectivity index (χ4v) is 2.07. The van der Waals surface area contributed by atoms with Crippen molar-refractivity contribution < 1.29 is 4.39 Å². The van der Waals surface area contributed by atoms with Crippen LogP contribution in [0.1, 0.15) is 23.6 Å². The second kappa shape index (κ2) is 6.19. The first kappa shape index (κ1) is 13.3. The van der Waals surface area contributed by atoms with Crippen LogP contribution < -0.4 is 5.32 Å². The maximum atomic E-state index is 13.8. The van der Waals surface area contributed by atoms with Gasteiger partial charge >= 0.3 is 0 Å². The minimum atomic E-state index is -0.226. The maximum absolute atomic E-state index is 13.8. The molecule has 1 N–H and O–H groups in total. The van der Waals surface area contributed by atoms with Crippen LogP contribution in [-0.4, -0.2) is 0 Å².